The Labute approximate surface area is 196 Å². The van der Waals surface area contributed by atoms with Crippen molar-refractivity contribution >= 4 is 22.8 Å². The lowest BCUT2D eigenvalue weighted by Crippen LogP contribution is -2.40. The van der Waals surface area contributed by atoms with Crippen molar-refractivity contribution in [3.05, 3.63) is 87.6 Å². The number of rotatable bonds is 5. The summed E-state index contributed by atoms with van der Waals surface area (Å²) in [5.41, 5.74) is 2.61. The maximum atomic E-state index is 13.6. The van der Waals surface area contributed by atoms with Crippen LogP contribution >= 0.6 is 0 Å². The van der Waals surface area contributed by atoms with Gasteiger partial charge in [0.15, 0.2) is 0 Å². The number of aromatic nitrogens is 2. The molecule has 0 unspecified atom stereocenters. The molecule has 2 aromatic heterocycles. The van der Waals surface area contributed by atoms with Gasteiger partial charge >= 0.3 is 0 Å². The first-order chi connectivity index (χ1) is 16.5. The highest BCUT2D eigenvalue weighted by Gasteiger charge is 2.21. The molecular weight excluding hydrogens is 432 g/mol. The molecule has 3 heterocycles. The predicted octanol–water partition coefficient (Wildman–Crippen LogP) is 3.36. The van der Waals surface area contributed by atoms with Gasteiger partial charge in [-0.3, -0.25) is 9.59 Å². The number of morpholine rings is 1. The van der Waals surface area contributed by atoms with E-state index in [9.17, 15) is 9.59 Å². The van der Waals surface area contributed by atoms with Crippen molar-refractivity contribution < 1.29 is 13.9 Å². The van der Waals surface area contributed by atoms with E-state index in [0.29, 0.717) is 54.5 Å². The molecule has 0 atom stereocenters. The lowest BCUT2D eigenvalue weighted by molar-refractivity contribution is 0.0948. The minimum atomic E-state index is -0.256. The van der Waals surface area contributed by atoms with Gasteiger partial charge in [0.25, 0.3) is 11.5 Å². The van der Waals surface area contributed by atoms with Gasteiger partial charge in [0.05, 0.1) is 36.3 Å². The Morgan fingerprint density at radius 1 is 1.03 bits per heavy atom. The van der Waals surface area contributed by atoms with Crippen molar-refractivity contribution in [3.8, 4) is 5.69 Å². The summed E-state index contributed by atoms with van der Waals surface area (Å²) in [5, 5.41) is 3.31. The van der Waals surface area contributed by atoms with Gasteiger partial charge in [0.2, 0.25) is 5.95 Å². The first kappa shape index (κ1) is 21.9. The summed E-state index contributed by atoms with van der Waals surface area (Å²) in [4.78, 5) is 33.3. The molecule has 1 saturated heterocycles. The third-order valence-corrected chi connectivity index (χ3v) is 5.92. The molecule has 1 aliphatic rings. The normalized spacial score (nSPS) is 13.9. The second-order valence-corrected chi connectivity index (χ2v) is 8.41. The number of aryl methyl sites for hydroxylation is 2. The molecule has 1 amide bonds. The zero-order valence-electron chi connectivity index (χ0n) is 19.2. The van der Waals surface area contributed by atoms with E-state index >= 15 is 0 Å². The van der Waals surface area contributed by atoms with Crippen LogP contribution in [0.3, 0.4) is 0 Å². The van der Waals surface area contributed by atoms with Crippen molar-refractivity contribution in [1.29, 1.82) is 0 Å². The number of benzene rings is 2. The Hall–Kier alpha value is -3.91. The molecule has 174 valence electrons. The fourth-order valence-corrected chi connectivity index (χ4v) is 4.07. The predicted molar refractivity (Wildman–Crippen MR) is 130 cm³/mol. The van der Waals surface area contributed by atoms with Crippen LogP contribution in [0.15, 0.2) is 63.8 Å². The van der Waals surface area contributed by atoms with Gasteiger partial charge in [-0.05, 0) is 56.3 Å². The molecule has 1 fully saturated rings. The van der Waals surface area contributed by atoms with Crippen LogP contribution in [-0.4, -0.2) is 41.8 Å². The minimum Gasteiger partial charge on any atom is -0.465 e. The summed E-state index contributed by atoms with van der Waals surface area (Å²) in [6.45, 7) is 6.54. The highest BCUT2D eigenvalue weighted by molar-refractivity contribution is 5.97. The SMILES string of the molecule is Cc1ccc(-n2c(N3CCOCC3)nc3cc(C(=O)NCc4ccc(C)o4)ccc3c2=O)cc1. The summed E-state index contributed by atoms with van der Waals surface area (Å²) >= 11 is 0. The number of carbonyl (C=O) groups excluding carboxylic acids is 1. The van der Waals surface area contributed by atoms with E-state index in [0.717, 1.165) is 17.0 Å². The molecule has 2 aromatic carbocycles. The van der Waals surface area contributed by atoms with E-state index in [1.165, 1.54) is 0 Å². The van der Waals surface area contributed by atoms with Gasteiger partial charge in [-0.1, -0.05) is 17.7 Å². The molecule has 4 aromatic rings. The number of fused-ring (bicyclic) bond motifs is 1. The smallest absolute Gasteiger partial charge is 0.267 e. The second kappa shape index (κ2) is 9.15. The Bertz CT molecular complexity index is 1400. The van der Waals surface area contributed by atoms with E-state index in [-0.39, 0.29) is 18.0 Å². The van der Waals surface area contributed by atoms with Crippen LogP contribution in [0.1, 0.15) is 27.4 Å². The number of hydrogen-bond acceptors (Lipinski definition) is 6. The number of ether oxygens (including phenoxy) is 1. The van der Waals surface area contributed by atoms with Crippen molar-refractivity contribution in [3.63, 3.8) is 0 Å². The van der Waals surface area contributed by atoms with Crippen molar-refractivity contribution in [2.24, 2.45) is 0 Å². The van der Waals surface area contributed by atoms with Gasteiger partial charge in [-0.25, -0.2) is 9.55 Å². The van der Waals surface area contributed by atoms with Crippen LogP contribution in [0.4, 0.5) is 5.95 Å². The van der Waals surface area contributed by atoms with Gasteiger partial charge in [-0.2, -0.15) is 0 Å². The van der Waals surface area contributed by atoms with E-state index in [1.807, 2.05) is 50.2 Å². The molecule has 0 spiro atoms. The quantitative estimate of drug-likeness (QED) is 0.493. The van der Waals surface area contributed by atoms with Gasteiger partial charge < -0.3 is 19.4 Å². The molecule has 8 heteroatoms. The molecule has 1 N–H and O–H groups in total. The van der Waals surface area contributed by atoms with Crippen LogP contribution in [0, 0.1) is 13.8 Å². The molecule has 34 heavy (non-hydrogen) atoms. The van der Waals surface area contributed by atoms with Crippen LogP contribution < -0.4 is 15.8 Å². The topological polar surface area (TPSA) is 89.6 Å². The molecular formula is C26H26N4O4. The highest BCUT2D eigenvalue weighted by atomic mass is 16.5. The van der Waals surface area contributed by atoms with E-state index < -0.39 is 0 Å². The number of carbonyl (C=O) groups is 1. The van der Waals surface area contributed by atoms with Crippen LogP contribution in [0.5, 0.6) is 0 Å². The number of amides is 1. The van der Waals surface area contributed by atoms with Crippen molar-refractivity contribution in [2.45, 2.75) is 20.4 Å². The Kier molecular flexibility index (Phi) is 5.90. The minimum absolute atomic E-state index is 0.173. The molecule has 0 aliphatic carbocycles. The number of nitrogens with zero attached hydrogens (tertiary/aromatic N) is 3. The molecule has 1 aliphatic heterocycles. The van der Waals surface area contributed by atoms with Crippen molar-refractivity contribution in [2.75, 3.05) is 31.2 Å². The summed E-state index contributed by atoms with van der Waals surface area (Å²) < 4.78 is 12.7. The third-order valence-electron chi connectivity index (χ3n) is 5.92. The lowest BCUT2D eigenvalue weighted by atomic mass is 10.1. The van der Waals surface area contributed by atoms with Crippen molar-refractivity contribution in [1.82, 2.24) is 14.9 Å². The van der Waals surface area contributed by atoms with E-state index in [1.54, 1.807) is 22.8 Å². The number of anilines is 1. The monoisotopic (exact) mass is 458 g/mol. The zero-order valence-corrected chi connectivity index (χ0v) is 19.2. The summed E-state index contributed by atoms with van der Waals surface area (Å²) in [6, 6.07) is 16.5. The lowest BCUT2D eigenvalue weighted by Gasteiger charge is -2.30. The molecule has 0 radical (unpaired) electrons. The molecule has 0 bridgehead atoms. The van der Waals surface area contributed by atoms with Crippen LogP contribution in [0.2, 0.25) is 0 Å². The molecule has 8 nitrogen and oxygen atoms in total. The molecule has 5 rings (SSSR count). The number of furan rings is 1. The van der Waals surface area contributed by atoms with Crippen LogP contribution in [-0.2, 0) is 11.3 Å². The average molecular weight is 459 g/mol. The maximum absolute atomic E-state index is 13.6. The largest absolute Gasteiger partial charge is 0.465 e. The van der Waals surface area contributed by atoms with Crippen LogP contribution in [0.25, 0.3) is 16.6 Å². The van der Waals surface area contributed by atoms with E-state index in [2.05, 4.69) is 10.2 Å². The fourth-order valence-electron chi connectivity index (χ4n) is 4.07. The van der Waals surface area contributed by atoms with Gasteiger partial charge in [0.1, 0.15) is 11.5 Å². The first-order valence-electron chi connectivity index (χ1n) is 11.3. The zero-order chi connectivity index (χ0) is 23.7. The maximum Gasteiger partial charge on any atom is 0.267 e. The summed E-state index contributed by atoms with van der Waals surface area (Å²) in [5.74, 6) is 1.77. The Morgan fingerprint density at radius 3 is 2.50 bits per heavy atom. The standard InChI is InChI=1S/C26H26N4O4/c1-17-3-7-20(8-4-17)30-25(32)22-10-6-19(24(31)27-16-21-9-5-18(2)34-21)15-23(22)28-26(30)29-11-13-33-14-12-29/h3-10,15H,11-14,16H2,1-2H3,(H,27,31). The first-order valence-corrected chi connectivity index (χ1v) is 11.3. The summed E-state index contributed by atoms with van der Waals surface area (Å²) in [7, 11) is 0. The second-order valence-electron chi connectivity index (χ2n) is 8.41. The Morgan fingerprint density at radius 2 is 1.79 bits per heavy atom. The van der Waals surface area contributed by atoms with Gasteiger partial charge in [0, 0.05) is 18.7 Å². The average Bonchev–Trinajstić information content (AvgIpc) is 3.28. The number of hydrogen-bond donors (Lipinski definition) is 1. The fraction of sp³-hybridized carbons (Fsp3) is 0.269. The van der Waals surface area contributed by atoms with Gasteiger partial charge in [-0.15, -0.1) is 0 Å². The molecule has 0 saturated carbocycles. The summed E-state index contributed by atoms with van der Waals surface area (Å²) in [6.07, 6.45) is 0. The third kappa shape index (κ3) is 4.32. The van der Waals surface area contributed by atoms with E-state index in [4.69, 9.17) is 14.1 Å². The highest BCUT2D eigenvalue weighted by Crippen LogP contribution is 2.22. The Balaban J connectivity index is 1.55. The number of nitrogens with one attached hydrogen (secondary N) is 1.